The molecule has 39 heavy (non-hydrogen) atoms. The Morgan fingerprint density at radius 3 is 2.33 bits per heavy atom. The molecule has 206 valence electrons. The van der Waals surface area contributed by atoms with Gasteiger partial charge in [0, 0.05) is 29.5 Å². The number of hydrazine groups is 1. The smallest absolute Gasteiger partial charge is 0.266 e. The van der Waals surface area contributed by atoms with Gasteiger partial charge in [-0.1, -0.05) is 58.4 Å². The molecule has 1 aliphatic heterocycles. The molecule has 5 N–H and O–H groups in total. The Balaban J connectivity index is 1.74. The molecule has 0 saturated heterocycles. The molecule has 0 fully saturated rings. The lowest BCUT2D eigenvalue weighted by Crippen LogP contribution is -2.57. The van der Waals surface area contributed by atoms with Gasteiger partial charge in [-0.15, -0.1) is 0 Å². The molecular weight excluding hydrogens is 566 g/mol. The number of aliphatic hydroxyl groups is 3. The van der Waals surface area contributed by atoms with E-state index in [0.29, 0.717) is 30.2 Å². The number of hydrogen-bond donors (Lipinski definition) is 5. The van der Waals surface area contributed by atoms with E-state index in [1.807, 2.05) is 66.7 Å². The van der Waals surface area contributed by atoms with E-state index in [4.69, 9.17) is 19.6 Å². The van der Waals surface area contributed by atoms with Gasteiger partial charge < -0.3 is 24.8 Å². The zero-order valence-corrected chi connectivity index (χ0v) is 22.9. The second-order valence-electron chi connectivity index (χ2n) is 9.16. The molecular formula is C29H32BrN3O6. The van der Waals surface area contributed by atoms with E-state index in [0.717, 1.165) is 15.6 Å². The minimum atomic E-state index is -1.41. The van der Waals surface area contributed by atoms with Gasteiger partial charge in [0.25, 0.3) is 5.91 Å². The normalized spacial score (nSPS) is 18.5. The van der Waals surface area contributed by atoms with Crippen LogP contribution in [0, 0.1) is 0 Å². The predicted molar refractivity (Wildman–Crippen MR) is 150 cm³/mol. The molecule has 3 aromatic carbocycles. The van der Waals surface area contributed by atoms with E-state index in [2.05, 4.69) is 26.8 Å². The minimum absolute atomic E-state index is 0.0539. The first-order chi connectivity index (χ1) is 19.0. The summed E-state index contributed by atoms with van der Waals surface area (Å²) in [6.45, 7) is -0.277. The van der Waals surface area contributed by atoms with Crippen molar-refractivity contribution in [2.45, 2.75) is 30.5 Å². The van der Waals surface area contributed by atoms with Crippen LogP contribution in [0.1, 0.15) is 29.2 Å². The van der Waals surface area contributed by atoms with Crippen molar-refractivity contribution >= 4 is 27.7 Å². The summed E-state index contributed by atoms with van der Waals surface area (Å²) in [6, 6.07) is 23.6. The van der Waals surface area contributed by atoms with Crippen molar-refractivity contribution in [3.05, 3.63) is 100 Å². The quantitative estimate of drug-likeness (QED) is 0.151. The molecule has 1 aliphatic rings. The fourth-order valence-electron chi connectivity index (χ4n) is 4.25. The maximum atomic E-state index is 14.0. The minimum Gasteiger partial charge on any atom is -0.494 e. The number of amides is 1. The lowest BCUT2D eigenvalue weighted by molar-refractivity contribution is -0.130. The first kappa shape index (κ1) is 28.7. The average Bonchev–Trinajstić information content (AvgIpc) is 3.36. The topological polar surface area (TPSA) is 133 Å². The summed E-state index contributed by atoms with van der Waals surface area (Å²) in [6.07, 6.45) is -0.00512. The van der Waals surface area contributed by atoms with Crippen molar-refractivity contribution in [1.82, 2.24) is 10.9 Å². The summed E-state index contributed by atoms with van der Waals surface area (Å²) in [5.74, 6) is 0.483. The zero-order chi connectivity index (χ0) is 27.7. The number of halogens is 1. The number of aliphatic hydroxyl groups excluding tert-OH is 3. The number of carbonyl (C=O) groups is 1. The van der Waals surface area contributed by atoms with Crippen LogP contribution in [0.3, 0.4) is 0 Å². The van der Waals surface area contributed by atoms with E-state index in [1.165, 1.54) is 0 Å². The van der Waals surface area contributed by atoms with Crippen LogP contribution >= 0.6 is 15.9 Å². The molecule has 0 aromatic heterocycles. The summed E-state index contributed by atoms with van der Waals surface area (Å²) >= 11 is 3.46. The number of nitrogens with one attached hydrogen (secondary N) is 2. The first-order valence-corrected chi connectivity index (χ1v) is 13.5. The van der Waals surface area contributed by atoms with Crippen LogP contribution in [-0.2, 0) is 16.0 Å². The lowest BCUT2D eigenvalue weighted by Gasteiger charge is -2.31. The molecule has 2 atom stereocenters. The average molecular weight is 598 g/mol. The Hall–Kier alpha value is -3.28. The van der Waals surface area contributed by atoms with Gasteiger partial charge in [0.2, 0.25) is 5.90 Å². The van der Waals surface area contributed by atoms with E-state index >= 15 is 0 Å². The molecule has 0 radical (unpaired) electrons. The Kier molecular flexibility index (Phi) is 10.1. The summed E-state index contributed by atoms with van der Waals surface area (Å²) in [4.78, 5) is 18.9. The van der Waals surface area contributed by atoms with Crippen LogP contribution in [-0.4, -0.2) is 65.1 Å². The monoisotopic (exact) mass is 597 g/mol. The number of benzene rings is 3. The Bertz CT molecular complexity index is 1240. The molecule has 1 amide bonds. The van der Waals surface area contributed by atoms with E-state index in [1.54, 1.807) is 12.1 Å². The number of ether oxygens (including phenoxy) is 2. The van der Waals surface area contributed by atoms with Gasteiger partial charge >= 0.3 is 0 Å². The highest BCUT2D eigenvalue weighted by molar-refractivity contribution is 9.10. The van der Waals surface area contributed by atoms with Gasteiger partial charge in [-0.3, -0.25) is 10.2 Å². The van der Waals surface area contributed by atoms with Crippen molar-refractivity contribution in [3.8, 4) is 5.75 Å². The van der Waals surface area contributed by atoms with Crippen molar-refractivity contribution in [1.29, 1.82) is 0 Å². The van der Waals surface area contributed by atoms with Crippen molar-refractivity contribution < 1.29 is 29.6 Å². The van der Waals surface area contributed by atoms with Gasteiger partial charge in [0.1, 0.15) is 5.75 Å². The molecule has 0 spiro atoms. The number of hydrogen-bond acceptors (Lipinski definition) is 8. The first-order valence-electron chi connectivity index (χ1n) is 12.7. The second kappa shape index (κ2) is 13.7. The number of nitrogens with zero attached hydrogens (tertiary/aromatic N) is 1. The van der Waals surface area contributed by atoms with E-state index in [9.17, 15) is 15.0 Å². The number of carbonyl (C=O) groups excluding carboxylic acids is 1. The van der Waals surface area contributed by atoms with Crippen LogP contribution in [0.25, 0.3) is 0 Å². The second-order valence-corrected chi connectivity index (χ2v) is 10.1. The van der Waals surface area contributed by atoms with Gasteiger partial charge in [-0.25, -0.2) is 10.4 Å². The summed E-state index contributed by atoms with van der Waals surface area (Å²) < 4.78 is 13.0. The Morgan fingerprint density at radius 2 is 1.69 bits per heavy atom. The van der Waals surface area contributed by atoms with Crippen LogP contribution in [0.5, 0.6) is 5.75 Å². The SMILES string of the molecule is O=C(NNC(CO)CO)[C@@]1(Cc2ccc(Br)cc2)N=C(c2ccc(OCCCO)cc2)O[C@H]1c1ccccc1. The maximum absolute atomic E-state index is 14.0. The molecule has 3 aromatic rings. The van der Waals surface area contributed by atoms with Crippen LogP contribution < -0.4 is 15.6 Å². The van der Waals surface area contributed by atoms with Gasteiger partial charge in [0.05, 0.1) is 25.9 Å². The maximum Gasteiger partial charge on any atom is 0.266 e. The molecule has 0 unspecified atom stereocenters. The van der Waals surface area contributed by atoms with Crippen molar-refractivity contribution in [2.24, 2.45) is 4.99 Å². The fraction of sp³-hybridized carbons (Fsp3) is 0.310. The lowest BCUT2D eigenvalue weighted by atomic mass is 9.82. The highest BCUT2D eigenvalue weighted by Gasteiger charge is 2.53. The third kappa shape index (κ3) is 7.03. The molecule has 0 aliphatic carbocycles. The third-order valence-electron chi connectivity index (χ3n) is 6.35. The van der Waals surface area contributed by atoms with Gasteiger partial charge in [-0.05, 0) is 47.5 Å². The van der Waals surface area contributed by atoms with Crippen LogP contribution in [0.15, 0.2) is 88.3 Å². The predicted octanol–water partition coefficient (Wildman–Crippen LogP) is 2.68. The fourth-order valence-corrected chi connectivity index (χ4v) is 4.51. The number of rotatable bonds is 13. The van der Waals surface area contributed by atoms with E-state index < -0.39 is 23.6 Å². The third-order valence-corrected chi connectivity index (χ3v) is 6.88. The molecule has 10 heteroatoms. The molecule has 9 nitrogen and oxygen atoms in total. The summed E-state index contributed by atoms with van der Waals surface area (Å²) in [5, 5.41) is 28.0. The Morgan fingerprint density at radius 1 is 1.00 bits per heavy atom. The standard InChI is InChI=1S/C29H32BrN3O6/c30-23-11-7-20(8-12-23)17-29(28(37)33-32-24(18-35)19-36)26(21-5-2-1-3-6-21)39-27(31-29)22-9-13-25(14-10-22)38-16-4-15-34/h1-3,5-14,24,26,32,34-36H,4,15-19H2,(H,33,37)/t26-,29-/m0/s1. The van der Waals surface area contributed by atoms with Crippen molar-refractivity contribution in [3.63, 3.8) is 0 Å². The zero-order valence-electron chi connectivity index (χ0n) is 21.3. The molecule has 0 bridgehead atoms. The van der Waals surface area contributed by atoms with Crippen LogP contribution in [0.4, 0.5) is 0 Å². The van der Waals surface area contributed by atoms with Crippen LogP contribution in [0.2, 0.25) is 0 Å². The molecule has 0 saturated carbocycles. The Labute approximate surface area is 235 Å². The van der Waals surface area contributed by atoms with Gasteiger partial charge in [0.15, 0.2) is 11.6 Å². The highest BCUT2D eigenvalue weighted by atomic mass is 79.9. The van der Waals surface area contributed by atoms with Crippen molar-refractivity contribution in [2.75, 3.05) is 26.4 Å². The van der Waals surface area contributed by atoms with Gasteiger partial charge in [-0.2, -0.15) is 0 Å². The molecule has 1 heterocycles. The summed E-state index contributed by atoms with van der Waals surface area (Å²) in [7, 11) is 0. The highest BCUT2D eigenvalue weighted by Crippen LogP contribution is 2.42. The largest absolute Gasteiger partial charge is 0.494 e. The summed E-state index contributed by atoms with van der Waals surface area (Å²) in [5.41, 5.74) is 6.27. The molecule has 4 rings (SSSR count). The van der Waals surface area contributed by atoms with E-state index in [-0.39, 0.29) is 26.2 Å². The number of aliphatic imine (C=N–C) groups is 1.